The number of carboxylic acid groups (broad SMARTS) is 1. The minimum Gasteiger partial charge on any atom is -0.477 e. The lowest BCUT2D eigenvalue weighted by molar-refractivity contribution is -0.150. The third-order valence-electron chi connectivity index (χ3n) is 4.08. The molecule has 3 heterocycles. The molecule has 1 saturated heterocycles. The van der Waals surface area contributed by atoms with E-state index in [2.05, 4.69) is 20.0 Å². The summed E-state index contributed by atoms with van der Waals surface area (Å²) in [6.07, 6.45) is 0.290. The van der Waals surface area contributed by atoms with Crippen molar-refractivity contribution in [3.05, 3.63) is 35.4 Å². The van der Waals surface area contributed by atoms with E-state index in [4.69, 9.17) is 15.3 Å². The molecular weight excluding hydrogens is 436 g/mol. The lowest BCUT2D eigenvalue weighted by Crippen LogP contribution is -2.71. The maximum atomic E-state index is 12.6. The molecule has 0 spiro atoms. The van der Waals surface area contributed by atoms with E-state index in [1.165, 1.54) is 31.2 Å². The number of thioether (sulfide) groups is 1. The van der Waals surface area contributed by atoms with Crippen molar-refractivity contribution in [3.63, 3.8) is 0 Å². The van der Waals surface area contributed by atoms with Crippen LogP contribution < -0.4 is 11.1 Å². The largest absolute Gasteiger partial charge is 0.477 e. The number of amides is 3. The molecule has 0 aromatic carbocycles. The molecule has 0 saturated carbocycles. The number of nitrogens with zero attached hydrogens (tertiary/aromatic N) is 2. The number of ether oxygens (including phenoxy) is 1. The number of hydrogen-bond donors (Lipinski definition) is 4. The van der Waals surface area contributed by atoms with Crippen LogP contribution in [0.2, 0.25) is 0 Å². The quantitative estimate of drug-likeness (QED) is 0.226. The molecule has 2 atom stereocenters. The number of aliphatic hydroxyl groups excluding tert-OH is 1. The van der Waals surface area contributed by atoms with E-state index in [1.807, 2.05) is 0 Å². The van der Waals surface area contributed by atoms with Crippen LogP contribution in [0, 0.1) is 0 Å². The van der Waals surface area contributed by atoms with Gasteiger partial charge in [0.15, 0.2) is 5.76 Å². The van der Waals surface area contributed by atoms with Crippen LogP contribution >= 0.6 is 11.8 Å². The van der Waals surface area contributed by atoms with Gasteiger partial charge in [-0.05, 0) is 12.1 Å². The zero-order valence-corrected chi connectivity index (χ0v) is 17.2. The van der Waals surface area contributed by atoms with Gasteiger partial charge in [0.25, 0.3) is 11.8 Å². The molecule has 1 aromatic heterocycles. The minimum absolute atomic E-state index is 0.140. The Hall–Kier alpha value is -3.52. The fourth-order valence-corrected chi connectivity index (χ4v) is 4.19. The molecule has 0 unspecified atom stereocenters. The SMILES string of the molecule is CO.CO/N=C(/C(=O)N[C@@H]1C(=O)N2C(C(=O)O)=C(COC(N)=O)CS[C@H]12)c1ccco1. The number of aliphatic hydroxyl groups is 1. The maximum Gasteiger partial charge on any atom is 0.404 e. The minimum atomic E-state index is -1.35. The van der Waals surface area contributed by atoms with Crippen molar-refractivity contribution in [2.24, 2.45) is 10.9 Å². The van der Waals surface area contributed by atoms with E-state index < -0.39 is 35.3 Å². The number of β-lactam (4-membered cyclic amide) rings is 1. The van der Waals surface area contributed by atoms with Gasteiger partial charge in [-0.2, -0.15) is 0 Å². The monoisotopic (exact) mass is 456 g/mol. The normalized spacial score (nSPS) is 20.0. The van der Waals surface area contributed by atoms with E-state index in [1.54, 1.807) is 6.07 Å². The van der Waals surface area contributed by atoms with Gasteiger partial charge >= 0.3 is 12.1 Å². The fraction of sp³-hybridized carbons (Fsp3) is 0.353. The first kappa shape index (κ1) is 23.8. The number of hydrogen-bond acceptors (Lipinski definition) is 10. The third-order valence-corrected chi connectivity index (χ3v) is 5.42. The molecule has 13 nitrogen and oxygen atoms in total. The second kappa shape index (κ2) is 10.5. The van der Waals surface area contributed by atoms with Gasteiger partial charge in [0, 0.05) is 18.4 Å². The van der Waals surface area contributed by atoms with Crippen molar-refractivity contribution < 1.29 is 43.4 Å². The Morgan fingerprint density at radius 1 is 1.42 bits per heavy atom. The number of carboxylic acids is 1. The molecule has 3 amide bonds. The summed E-state index contributed by atoms with van der Waals surface area (Å²) in [4.78, 5) is 53.3. The van der Waals surface area contributed by atoms with Crippen molar-refractivity contribution >= 4 is 41.4 Å². The van der Waals surface area contributed by atoms with E-state index in [0.717, 1.165) is 12.0 Å². The zero-order chi connectivity index (χ0) is 23.1. The molecule has 5 N–H and O–H groups in total. The number of nitrogens with two attached hydrogens (primary N) is 1. The highest BCUT2D eigenvalue weighted by Crippen LogP contribution is 2.40. The molecule has 3 rings (SSSR count). The lowest BCUT2D eigenvalue weighted by atomic mass is 10.0. The first-order chi connectivity index (χ1) is 14.8. The number of aliphatic carboxylic acids is 1. The van der Waals surface area contributed by atoms with Crippen LogP contribution in [0.4, 0.5) is 4.79 Å². The molecule has 2 aliphatic rings. The van der Waals surface area contributed by atoms with Gasteiger partial charge in [-0.25, -0.2) is 9.59 Å². The van der Waals surface area contributed by atoms with Gasteiger partial charge in [0.2, 0.25) is 5.71 Å². The van der Waals surface area contributed by atoms with Crippen LogP contribution in [0.15, 0.2) is 39.2 Å². The summed E-state index contributed by atoms with van der Waals surface area (Å²) < 4.78 is 9.79. The van der Waals surface area contributed by atoms with Crippen LogP contribution in [0.5, 0.6) is 0 Å². The topological polar surface area (TPSA) is 194 Å². The molecule has 2 aliphatic heterocycles. The van der Waals surface area contributed by atoms with Crippen LogP contribution in [0.3, 0.4) is 0 Å². The molecule has 168 valence electrons. The summed E-state index contributed by atoms with van der Waals surface area (Å²) in [5.74, 6) is -2.38. The Balaban J connectivity index is 0.00000166. The molecule has 31 heavy (non-hydrogen) atoms. The summed E-state index contributed by atoms with van der Waals surface area (Å²) in [6, 6.07) is 2.08. The highest BCUT2D eigenvalue weighted by molar-refractivity contribution is 8.00. The molecule has 1 aromatic rings. The van der Waals surface area contributed by atoms with Gasteiger partial charge < -0.3 is 35.3 Å². The van der Waals surface area contributed by atoms with E-state index >= 15 is 0 Å². The Bertz CT molecular complexity index is 913. The highest BCUT2D eigenvalue weighted by Gasteiger charge is 2.54. The number of oxime groups is 1. The van der Waals surface area contributed by atoms with Crippen molar-refractivity contribution in [3.8, 4) is 0 Å². The summed E-state index contributed by atoms with van der Waals surface area (Å²) in [5.41, 5.74) is 4.68. The number of carbonyl (C=O) groups excluding carboxylic acids is 3. The third kappa shape index (κ3) is 4.97. The van der Waals surface area contributed by atoms with Crippen LogP contribution in [-0.2, 0) is 24.0 Å². The highest BCUT2D eigenvalue weighted by atomic mass is 32.2. The summed E-state index contributed by atoms with van der Waals surface area (Å²) >= 11 is 1.21. The summed E-state index contributed by atoms with van der Waals surface area (Å²) in [7, 11) is 2.25. The van der Waals surface area contributed by atoms with Crippen molar-refractivity contribution in [1.82, 2.24) is 10.2 Å². The average molecular weight is 456 g/mol. The number of furan rings is 1. The number of rotatable bonds is 7. The fourth-order valence-electron chi connectivity index (χ4n) is 2.87. The second-order valence-corrected chi connectivity index (χ2v) is 6.93. The van der Waals surface area contributed by atoms with Crippen molar-refractivity contribution in [1.29, 1.82) is 0 Å². The average Bonchev–Trinajstić information content (AvgIpc) is 3.29. The number of primary amides is 1. The van der Waals surface area contributed by atoms with Crippen molar-refractivity contribution in [2.75, 3.05) is 26.6 Å². The van der Waals surface area contributed by atoms with E-state index in [9.17, 15) is 24.3 Å². The molecule has 0 radical (unpaired) electrons. The van der Waals surface area contributed by atoms with Gasteiger partial charge in [0.1, 0.15) is 30.8 Å². The Labute approximate surface area is 179 Å². The molecular formula is C17H20N4O9S. The first-order valence-electron chi connectivity index (χ1n) is 8.58. The van der Waals surface area contributed by atoms with Gasteiger partial charge in [-0.3, -0.25) is 14.5 Å². The Kier molecular flexibility index (Phi) is 8.04. The van der Waals surface area contributed by atoms with E-state index in [-0.39, 0.29) is 35.1 Å². The van der Waals surface area contributed by atoms with Gasteiger partial charge in [-0.1, -0.05) is 5.16 Å². The first-order valence-corrected chi connectivity index (χ1v) is 9.62. The second-order valence-electron chi connectivity index (χ2n) is 5.83. The molecule has 0 bridgehead atoms. The standard InChI is InChI=1S/C16H16N4O8S.CH4O/c1-26-19-9(8-3-2-4-27-8)12(21)18-10-13(22)20-11(15(23)24)7(5-28-16(17)25)6-29-14(10)20;1-2/h2-4,10,14H,5-6H2,1H3,(H2,17,25)(H,18,21)(H,23,24);2H,1H3/b19-9+;/t10-,14-;/m1./s1. The molecule has 1 fully saturated rings. The number of carbonyl (C=O) groups is 4. The zero-order valence-electron chi connectivity index (χ0n) is 16.4. The predicted octanol–water partition coefficient (Wildman–Crippen LogP) is -0.927. The molecule has 14 heteroatoms. The van der Waals surface area contributed by atoms with Crippen molar-refractivity contribution in [2.45, 2.75) is 11.4 Å². The Morgan fingerprint density at radius 2 is 2.13 bits per heavy atom. The summed E-state index contributed by atoms with van der Waals surface area (Å²) in [6.45, 7) is -0.347. The van der Waals surface area contributed by atoms with Crippen LogP contribution in [-0.4, -0.2) is 82.7 Å². The Morgan fingerprint density at radius 3 is 2.68 bits per heavy atom. The smallest absolute Gasteiger partial charge is 0.404 e. The number of fused-ring (bicyclic) bond motifs is 1. The van der Waals surface area contributed by atoms with E-state index in [0.29, 0.717) is 0 Å². The maximum absolute atomic E-state index is 12.6. The lowest BCUT2D eigenvalue weighted by Gasteiger charge is -2.49. The predicted molar refractivity (Wildman–Crippen MR) is 106 cm³/mol. The van der Waals surface area contributed by atoms with Gasteiger partial charge in [0.05, 0.1) is 6.26 Å². The summed E-state index contributed by atoms with van der Waals surface area (Å²) in [5, 5.41) is 22.0. The molecule has 0 aliphatic carbocycles. The van der Waals surface area contributed by atoms with Crippen LogP contribution in [0.25, 0.3) is 0 Å². The van der Waals surface area contributed by atoms with Crippen LogP contribution in [0.1, 0.15) is 5.76 Å². The number of nitrogens with one attached hydrogen (secondary N) is 1. The van der Waals surface area contributed by atoms with Gasteiger partial charge in [-0.15, -0.1) is 11.8 Å².